The summed E-state index contributed by atoms with van der Waals surface area (Å²) in [6, 6.07) is 2.09. The molecule has 0 spiro atoms. The molecule has 1 N–H and O–H groups in total. The molecule has 1 rings (SSSR count). The second-order valence-corrected chi connectivity index (χ2v) is 2.87. The van der Waals surface area contributed by atoms with Crippen LogP contribution in [0.15, 0.2) is 6.07 Å². The van der Waals surface area contributed by atoms with Gasteiger partial charge in [-0.3, -0.25) is 0 Å². The first-order valence-electron chi connectivity index (χ1n) is 4.29. The Morgan fingerprint density at radius 2 is 2.17 bits per heavy atom. The van der Waals surface area contributed by atoms with Crippen molar-refractivity contribution in [3.8, 4) is 0 Å². The highest BCUT2D eigenvalue weighted by Gasteiger charge is 1.99. The van der Waals surface area contributed by atoms with Crippen LogP contribution < -0.4 is 5.32 Å². The van der Waals surface area contributed by atoms with Gasteiger partial charge in [-0.1, -0.05) is 13.3 Å². The first kappa shape index (κ1) is 8.97. The van der Waals surface area contributed by atoms with Crippen LogP contribution in [0.5, 0.6) is 0 Å². The Hall–Kier alpha value is -1.12. The fourth-order valence-corrected chi connectivity index (χ4v) is 1.17. The van der Waals surface area contributed by atoms with Crippen molar-refractivity contribution >= 4 is 5.82 Å². The van der Waals surface area contributed by atoms with Gasteiger partial charge in [0.25, 0.3) is 0 Å². The molecule has 3 heteroatoms. The van der Waals surface area contributed by atoms with E-state index in [4.69, 9.17) is 0 Å². The molecule has 0 saturated heterocycles. The minimum absolute atomic E-state index is 0.870. The van der Waals surface area contributed by atoms with Crippen LogP contribution in [0.3, 0.4) is 0 Å². The number of anilines is 1. The summed E-state index contributed by atoms with van der Waals surface area (Å²) in [5.41, 5.74) is 2.24. The van der Waals surface area contributed by atoms with Crippen LogP contribution in [0, 0.1) is 6.92 Å². The van der Waals surface area contributed by atoms with Crippen LogP contribution in [-0.2, 0) is 6.42 Å². The first-order chi connectivity index (χ1) is 5.77. The van der Waals surface area contributed by atoms with Crippen LogP contribution in [0.25, 0.3) is 0 Å². The van der Waals surface area contributed by atoms with Crippen molar-refractivity contribution < 1.29 is 0 Å². The molecule has 3 nitrogen and oxygen atoms in total. The molecule has 0 atom stereocenters. The molecule has 0 aliphatic rings. The normalized spacial score (nSPS) is 9.92. The molecule has 0 aliphatic heterocycles. The predicted molar refractivity (Wildman–Crippen MR) is 50.3 cm³/mol. The summed E-state index contributed by atoms with van der Waals surface area (Å²) < 4.78 is 0. The standard InChI is InChI=1S/C9H15N3/c1-4-5-8-6-7(2)9(10-3)12-11-8/h6H,4-5H2,1-3H3,(H,10,12). The summed E-state index contributed by atoms with van der Waals surface area (Å²) in [5, 5.41) is 11.1. The van der Waals surface area contributed by atoms with Gasteiger partial charge in [0.05, 0.1) is 5.69 Å². The van der Waals surface area contributed by atoms with Gasteiger partial charge in [-0.15, -0.1) is 5.10 Å². The molecule has 0 fully saturated rings. The summed E-state index contributed by atoms with van der Waals surface area (Å²) in [6.07, 6.45) is 2.13. The third-order valence-corrected chi connectivity index (χ3v) is 1.78. The van der Waals surface area contributed by atoms with Gasteiger partial charge in [0, 0.05) is 7.05 Å². The lowest BCUT2D eigenvalue weighted by atomic mass is 10.2. The molecule has 0 saturated carbocycles. The van der Waals surface area contributed by atoms with Crippen LogP contribution in [-0.4, -0.2) is 17.2 Å². The van der Waals surface area contributed by atoms with Crippen molar-refractivity contribution in [1.82, 2.24) is 10.2 Å². The van der Waals surface area contributed by atoms with Crippen LogP contribution >= 0.6 is 0 Å². The smallest absolute Gasteiger partial charge is 0.151 e. The van der Waals surface area contributed by atoms with Gasteiger partial charge in [0.2, 0.25) is 0 Å². The Bertz CT molecular complexity index is 258. The van der Waals surface area contributed by atoms with Crippen molar-refractivity contribution in [2.24, 2.45) is 0 Å². The van der Waals surface area contributed by atoms with Crippen molar-refractivity contribution in [3.63, 3.8) is 0 Å². The monoisotopic (exact) mass is 165 g/mol. The Morgan fingerprint density at radius 3 is 2.67 bits per heavy atom. The summed E-state index contributed by atoms with van der Waals surface area (Å²) >= 11 is 0. The van der Waals surface area contributed by atoms with Gasteiger partial charge in [-0.05, 0) is 25.0 Å². The summed E-state index contributed by atoms with van der Waals surface area (Å²) in [5.74, 6) is 0.870. The van der Waals surface area contributed by atoms with Crippen molar-refractivity contribution in [2.45, 2.75) is 26.7 Å². The molecule has 0 bridgehead atoms. The van der Waals surface area contributed by atoms with Crippen LogP contribution in [0.2, 0.25) is 0 Å². The van der Waals surface area contributed by atoms with E-state index in [0.717, 1.165) is 29.9 Å². The highest BCUT2D eigenvalue weighted by Crippen LogP contribution is 2.10. The molecule has 12 heavy (non-hydrogen) atoms. The number of hydrogen-bond donors (Lipinski definition) is 1. The Morgan fingerprint density at radius 1 is 1.42 bits per heavy atom. The Kier molecular flexibility index (Phi) is 3.02. The number of aromatic nitrogens is 2. The van der Waals surface area contributed by atoms with Gasteiger partial charge in [0.1, 0.15) is 0 Å². The van der Waals surface area contributed by atoms with E-state index in [1.165, 1.54) is 0 Å². The van der Waals surface area contributed by atoms with Gasteiger partial charge in [-0.25, -0.2) is 0 Å². The Labute approximate surface area is 73.2 Å². The molecule has 0 aromatic carbocycles. The average molecular weight is 165 g/mol. The molecule has 1 heterocycles. The number of hydrogen-bond acceptors (Lipinski definition) is 3. The van der Waals surface area contributed by atoms with E-state index < -0.39 is 0 Å². The van der Waals surface area contributed by atoms with Crippen molar-refractivity contribution in [3.05, 3.63) is 17.3 Å². The zero-order chi connectivity index (χ0) is 8.97. The van der Waals surface area contributed by atoms with E-state index in [1.807, 2.05) is 14.0 Å². The number of nitrogens with one attached hydrogen (secondary N) is 1. The van der Waals surface area contributed by atoms with Crippen molar-refractivity contribution in [1.29, 1.82) is 0 Å². The maximum absolute atomic E-state index is 4.09. The molecule has 0 unspecified atom stereocenters. The lowest BCUT2D eigenvalue weighted by Crippen LogP contribution is -2.00. The second kappa shape index (κ2) is 4.04. The number of aryl methyl sites for hydroxylation is 2. The van der Waals surface area contributed by atoms with E-state index in [2.05, 4.69) is 28.5 Å². The molecule has 0 radical (unpaired) electrons. The van der Waals surface area contributed by atoms with E-state index in [0.29, 0.717) is 0 Å². The topological polar surface area (TPSA) is 37.8 Å². The van der Waals surface area contributed by atoms with Crippen LogP contribution in [0.4, 0.5) is 5.82 Å². The number of rotatable bonds is 3. The summed E-state index contributed by atoms with van der Waals surface area (Å²) in [4.78, 5) is 0. The maximum Gasteiger partial charge on any atom is 0.151 e. The molecular formula is C9H15N3. The van der Waals surface area contributed by atoms with E-state index in [-0.39, 0.29) is 0 Å². The third-order valence-electron chi connectivity index (χ3n) is 1.78. The molecular weight excluding hydrogens is 150 g/mol. The lowest BCUT2D eigenvalue weighted by molar-refractivity contribution is 0.836. The highest BCUT2D eigenvalue weighted by atomic mass is 15.2. The third kappa shape index (κ3) is 1.94. The SMILES string of the molecule is CCCc1cc(C)c(NC)nn1. The van der Waals surface area contributed by atoms with Crippen molar-refractivity contribution in [2.75, 3.05) is 12.4 Å². The van der Waals surface area contributed by atoms with E-state index >= 15 is 0 Å². The molecule has 1 aromatic rings. The van der Waals surface area contributed by atoms with Gasteiger partial charge in [0.15, 0.2) is 5.82 Å². The van der Waals surface area contributed by atoms with Gasteiger partial charge in [-0.2, -0.15) is 5.10 Å². The van der Waals surface area contributed by atoms with E-state index in [9.17, 15) is 0 Å². The lowest BCUT2D eigenvalue weighted by Gasteiger charge is -2.03. The zero-order valence-corrected chi connectivity index (χ0v) is 7.89. The second-order valence-electron chi connectivity index (χ2n) is 2.87. The molecule has 66 valence electrons. The fraction of sp³-hybridized carbons (Fsp3) is 0.556. The van der Waals surface area contributed by atoms with E-state index in [1.54, 1.807) is 0 Å². The largest absolute Gasteiger partial charge is 0.371 e. The predicted octanol–water partition coefficient (Wildman–Crippen LogP) is 1.78. The zero-order valence-electron chi connectivity index (χ0n) is 7.89. The summed E-state index contributed by atoms with van der Waals surface area (Å²) in [6.45, 7) is 4.18. The average Bonchev–Trinajstić information content (AvgIpc) is 2.05. The quantitative estimate of drug-likeness (QED) is 0.741. The fourth-order valence-electron chi connectivity index (χ4n) is 1.17. The number of nitrogens with zero attached hydrogens (tertiary/aromatic N) is 2. The van der Waals surface area contributed by atoms with Gasteiger partial charge >= 0.3 is 0 Å². The van der Waals surface area contributed by atoms with Crippen LogP contribution in [0.1, 0.15) is 24.6 Å². The molecule has 0 aliphatic carbocycles. The van der Waals surface area contributed by atoms with Gasteiger partial charge < -0.3 is 5.32 Å². The maximum atomic E-state index is 4.09. The minimum Gasteiger partial charge on any atom is -0.371 e. The first-order valence-corrected chi connectivity index (χ1v) is 4.29. The molecule has 0 amide bonds. The highest BCUT2D eigenvalue weighted by molar-refractivity contribution is 5.41. The minimum atomic E-state index is 0.870. The Balaban J connectivity index is 2.86. The molecule has 1 aromatic heterocycles. The summed E-state index contributed by atoms with van der Waals surface area (Å²) in [7, 11) is 1.86.